The average Bonchev–Trinajstić information content (AvgIpc) is 2.33. The summed E-state index contributed by atoms with van der Waals surface area (Å²) in [6.07, 6.45) is -1.85. The van der Waals surface area contributed by atoms with E-state index in [0.29, 0.717) is 6.42 Å². The highest BCUT2D eigenvalue weighted by molar-refractivity contribution is 9.09. The van der Waals surface area contributed by atoms with Crippen molar-refractivity contribution in [2.45, 2.75) is 30.3 Å². The Bertz CT molecular complexity index is 327. The topological polar surface area (TPSA) is 9.23 Å². The van der Waals surface area contributed by atoms with Gasteiger partial charge in [-0.15, -0.1) is 0 Å². The summed E-state index contributed by atoms with van der Waals surface area (Å²) in [5.41, 5.74) is 1.19. The van der Waals surface area contributed by atoms with Gasteiger partial charge in [-0.05, 0) is 24.8 Å². The van der Waals surface area contributed by atoms with Crippen LogP contribution in [-0.4, -0.2) is 19.4 Å². The van der Waals surface area contributed by atoms with Crippen molar-refractivity contribution < 1.29 is 17.9 Å². The summed E-state index contributed by atoms with van der Waals surface area (Å²) in [7, 11) is 0. The van der Waals surface area contributed by atoms with Gasteiger partial charge in [0.1, 0.15) is 6.61 Å². The molecule has 0 aliphatic carbocycles. The van der Waals surface area contributed by atoms with Crippen LogP contribution >= 0.6 is 15.9 Å². The maximum Gasteiger partial charge on any atom is 0.411 e. The lowest BCUT2D eigenvalue weighted by Gasteiger charge is -2.10. The number of halogens is 4. The van der Waals surface area contributed by atoms with Gasteiger partial charge in [-0.2, -0.15) is 13.2 Å². The van der Waals surface area contributed by atoms with Crippen LogP contribution < -0.4 is 0 Å². The second kappa shape index (κ2) is 7.79. The van der Waals surface area contributed by atoms with E-state index < -0.39 is 12.8 Å². The van der Waals surface area contributed by atoms with E-state index in [2.05, 4.69) is 20.7 Å². The van der Waals surface area contributed by atoms with Gasteiger partial charge >= 0.3 is 6.18 Å². The van der Waals surface area contributed by atoms with Gasteiger partial charge in [-0.3, -0.25) is 0 Å². The second-order valence-corrected chi connectivity index (χ2v) is 5.15. The van der Waals surface area contributed by atoms with Crippen LogP contribution in [-0.2, 0) is 4.74 Å². The summed E-state index contributed by atoms with van der Waals surface area (Å²) in [6.45, 7) is -0.989. The van der Waals surface area contributed by atoms with Crippen molar-refractivity contribution >= 4 is 15.9 Å². The Morgan fingerprint density at radius 1 is 1.11 bits per heavy atom. The minimum atomic E-state index is -4.22. The molecule has 1 nitrogen and oxygen atoms in total. The van der Waals surface area contributed by atoms with Crippen LogP contribution in [0.5, 0.6) is 0 Å². The van der Waals surface area contributed by atoms with Crippen molar-refractivity contribution in [2.75, 3.05) is 13.2 Å². The smallest absolute Gasteiger partial charge is 0.372 e. The van der Waals surface area contributed by atoms with Gasteiger partial charge in [0.2, 0.25) is 0 Å². The van der Waals surface area contributed by atoms with Gasteiger partial charge in [0, 0.05) is 11.4 Å². The zero-order valence-electron chi connectivity index (χ0n) is 9.92. The number of rotatable bonds is 7. The second-order valence-electron chi connectivity index (χ2n) is 4.04. The Labute approximate surface area is 113 Å². The Kier molecular flexibility index (Phi) is 6.71. The van der Waals surface area contributed by atoms with Gasteiger partial charge in [0.15, 0.2) is 0 Å². The lowest BCUT2D eigenvalue weighted by molar-refractivity contribution is -0.174. The maximum absolute atomic E-state index is 11.8. The fraction of sp³-hybridized carbons (Fsp3) is 0.538. The first-order chi connectivity index (χ1) is 8.49. The predicted molar refractivity (Wildman–Crippen MR) is 68.8 cm³/mol. The summed E-state index contributed by atoms with van der Waals surface area (Å²) in [5.74, 6) is 0. The van der Waals surface area contributed by atoms with Gasteiger partial charge in [-0.25, -0.2) is 0 Å². The average molecular weight is 325 g/mol. The van der Waals surface area contributed by atoms with E-state index in [0.717, 1.165) is 12.8 Å². The molecule has 5 heteroatoms. The lowest BCUT2D eigenvalue weighted by atomic mass is 10.1. The van der Waals surface area contributed by atoms with E-state index in [1.165, 1.54) is 5.56 Å². The van der Waals surface area contributed by atoms with E-state index in [1.54, 1.807) is 0 Å². The predicted octanol–water partition coefficient (Wildman–Crippen LogP) is 4.87. The van der Waals surface area contributed by atoms with Gasteiger partial charge in [0.25, 0.3) is 0 Å². The summed E-state index contributed by atoms with van der Waals surface area (Å²) < 4.78 is 39.9. The van der Waals surface area contributed by atoms with Crippen molar-refractivity contribution in [3.05, 3.63) is 35.9 Å². The van der Waals surface area contributed by atoms with Crippen molar-refractivity contribution in [3.8, 4) is 0 Å². The van der Waals surface area contributed by atoms with E-state index in [1.807, 2.05) is 30.3 Å². The molecule has 1 aromatic carbocycles. The van der Waals surface area contributed by atoms with Crippen LogP contribution in [0.4, 0.5) is 13.2 Å². The largest absolute Gasteiger partial charge is 0.411 e. The molecule has 0 fully saturated rings. The summed E-state index contributed by atoms with van der Waals surface area (Å²) in [5, 5.41) is 0. The first-order valence-corrected chi connectivity index (χ1v) is 6.74. The molecule has 0 spiro atoms. The van der Waals surface area contributed by atoms with Gasteiger partial charge < -0.3 is 4.74 Å². The van der Waals surface area contributed by atoms with Crippen LogP contribution in [0.3, 0.4) is 0 Å². The number of hydrogen-bond donors (Lipinski definition) is 0. The molecular weight excluding hydrogens is 309 g/mol. The molecule has 0 radical (unpaired) electrons. The normalized spacial score (nSPS) is 13.6. The van der Waals surface area contributed by atoms with Crippen molar-refractivity contribution in [1.82, 2.24) is 0 Å². The van der Waals surface area contributed by atoms with Gasteiger partial charge in [0.05, 0.1) is 0 Å². The standard InChI is InChI=1S/C13H16BrF3O/c14-12(11-6-2-1-3-7-11)8-4-5-9-18-10-13(15,16)17/h1-3,6-7,12H,4-5,8-10H2. The molecule has 0 bridgehead atoms. The van der Waals surface area contributed by atoms with Crippen LogP contribution in [0.1, 0.15) is 29.7 Å². The summed E-state index contributed by atoms with van der Waals surface area (Å²) >= 11 is 3.57. The number of hydrogen-bond acceptors (Lipinski definition) is 1. The quantitative estimate of drug-likeness (QED) is 0.513. The van der Waals surface area contributed by atoms with Crippen LogP contribution in [0.15, 0.2) is 30.3 Å². The molecule has 18 heavy (non-hydrogen) atoms. The van der Waals surface area contributed by atoms with E-state index >= 15 is 0 Å². The summed E-state index contributed by atoms with van der Waals surface area (Å²) in [6, 6.07) is 9.94. The third-order valence-corrected chi connectivity index (χ3v) is 3.41. The Morgan fingerprint density at radius 2 is 1.78 bits per heavy atom. The van der Waals surface area contributed by atoms with Crippen LogP contribution in [0.25, 0.3) is 0 Å². The molecule has 0 N–H and O–H groups in total. The Balaban J connectivity index is 2.08. The van der Waals surface area contributed by atoms with Crippen molar-refractivity contribution in [2.24, 2.45) is 0 Å². The number of alkyl halides is 4. The molecule has 1 rings (SSSR count). The third-order valence-electron chi connectivity index (χ3n) is 2.42. The molecule has 1 unspecified atom stereocenters. The Hall–Kier alpha value is -0.550. The number of benzene rings is 1. The molecule has 102 valence electrons. The van der Waals surface area contributed by atoms with Gasteiger partial charge in [-0.1, -0.05) is 46.3 Å². The number of ether oxygens (including phenoxy) is 1. The molecular formula is C13H16BrF3O. The SMILES string of the molecule is FC(F)(F)COCCCCC(Br)c1ccccc1. The Morgan fingerprint density at radius 3 is 2.39 bits per heavy atom. The van der Waals surface area contributed by atoms with E-state index in [-0.39, 0.29) is 11.4 Å². The zero-order valence-corrected chi connectivity index (χ0v) is 11.5. The van der Waals surface area contributed by atoms with Crippen molar-refractivity contribution in [1.29, 1.82) is 0 Å². The molecule has 0 amide bonds. The molecule has 0 aliphatic heterocycles. The summed E-state index contributed by atoms with van der Waals surface area (Å²) in [4.78, 5) is 0.251. The highest BCUT2D eigenvalue weighted by Crippen LogP contribution is 2.27. The molecule has 0 aliphatic rings. The minimum absolute atomic E-state index is 0.161. The highest BCUT2D eigenvalue weighted by Gasteiger charge is 2.27. The van der Waals surface area contributed by atoms with Crippen molar-refractivity contribution in [3.63, 3.8) is 0 Å². The van der Waals surface area contributed by atoms with Crippen LogP contribution in [0.2, 0.25) is 0 Å². The van der Waals surface area contributed by atoms with E-state index in [9.17, 15) is 13.2 Å². The highest BCUT2D eigenvalue weighted by atomic mass is 79.9. The molecule has 0 heterocycles. The fourth-order valence-electron chi connectivity index (χ4n) is 1.54. The molecule has 1 atom stereocenters. The maximum atomic E-state index is 11.8. The van der Waals surface area contributed by atoms with E-state index in [4.69, 9.17) is 0 Å². The molecule has 0 saturated carbocycles. The lowest BCUT2D eigenvalue weighted by Crippen LogP contribution is -2.17. The first kappa shape index (κ1) is 15.5. The first-order valence-electron chi connectivity index (χ1n) is 5.82. The monoisotopic (exact) mass is 324 g/mol. The molecule has 0 saturated heterocycles. The molecule has 0 aromatic heterocycles. The third kappa shape index (κ3) is 7.01. The minimum Gasteiger partial charge on any atom is -0.372 e. The van der Waals surface area contributed by atoms with Crippen LogP contribution in [0, 0.1) is 0 Å². The number of unbranched alkanes of at least 4 members (excludes halogenated alkanes) is 1. The zero-order chi connectivity index (χ0) is 13.4. The molecule has 1 aromatic rings. The fourth-order valence-corrected chi connectivity index (χ4v) is 2.17.